The van der Waals surface area contributed by atoms with Gasteiger partial charge in [0.2, 0.25) is 0 Å². The first-order valence-electron chi connectivity index (χ1n) is 7.85. The van der Waals surface area contributed by atoms with Crippen molar-refractivity contribution in [2.75, 3.05) is 17.7 Å². The Morgan fingerprint density at radius 2 is 1.96 bits per heavy atom. The third kappa shape index (κ3) is 6.37. The Labute approximate surface area is 168 Å². The number of ether oxygens (including phenoxy) is 1. The van der Waals surface area contributed by atoms with Crippen molar-refractivity contribution in [1.82, 2.24) is 0 Å². The number of anilines is 1. The van der Waals surface area contributed by atoms with E-state index < -0.39 is 23.4 Å². The SMILES string of the molecule is Cc1ccc(NC(=O)COC(=O)CSc2ccc(Br)cc2C)c([N+](=O)[O-])c1. The number of halogens is 1. The molecule has 1 amide bonds. The van der Waals surface area contributed by atoms with E-state index in [-0.39, 0.29) is 17.1 Å². The molecule has 27 heavy (non-hydrogen) atoms. The number of carbonyl (C=O) groups excluding carboxylic acids is 2. The summed E-state index contributed by atoms with van der Waals surface area (Å²) >= 11 is 4.69. The van der Waals surface area contributed by atoms with Gasteiger partial charge in [-0.1, -0.05) is 22.0 Å². The number of rotatable bonds is 7. The van der Waals surface area contributed by atoms with Crippen LogP contribution < -0.4 is 5.32 Å². The molecule has 0 radical (unpaired) electrons. The van der Waals surface area contributed by atoms with Crippen LogP contribution in [-0.4, -0.2) is 29.2 Å². The monoisotopic (exact) mass is 452 g/mol. The number of benzene rings is 2. The van der Waals surface area contributed by atoms with Crippen LogP contribution >= 0.6 is 27.7 Å². The van der Waals surface area contributed by atoms with Gasteiger partial charge in [0.05, 0.1) is 10.7 Å². The Hall–Kier alpha value is -2.39. The van der Waals surface area contributed by atoms with Gasteiger partial charge in [0.25, 0.3) is 11.6 Å². The van der Waals surface area contributed by atoms with E-state index in [4.69, 9.17) is 4.74 Å². The smallest absolute Gasteiger partial charge is 0.316 e. The number of amides is 1. The molecule has 0 aliphatic heterocycles. The highest BCUT2D eigenvalue weighted by Crippen LogP contribution is 2.26. The molecule has 0 aliphatic carbocycles. The van der Waals surface area contributed by atoms with Gasteiger partial charge >= 0.3 is 5.97 Å². The normalized spacial score (nSPS) is 10.3. The highest BCUT2D eigenvalue weighted by atomic mass is 79.9. The molecule has 0 spiro atoms. The fourth-order valence-corrected chi connectivity index (χ4v) is 3.47. The second-order valence-corrected chi connectivity index (χ2v) is 7.62. The van der Waals surface area contributed by atoms with Crippen LogP contribution in [0.1, 0.15) is 11.1 Å². The lowest BCUT2D eigenvalue weighted by Gasteiger charge is -2.08. The third-order valence-corrected chi connectivity index (χ3v) is 5.11. The van der Waals surface area contributed by atoms with Gasteiger partial charge < -0.3 is 10.1 Å². The summed E-state index contributed by atoms with van der Waals surface area (Å²) < 4.78 is 5.89. The maximum absolute atomic E-state index is 11.9. The van der Waals surface area contributed by atoms with Crippen LogP contribution in [0, 0.1) is 24.0 Å². The van der Waals surface area contributed by atoms with Crippen LogP contribution in [0.15, 0.2) is 45.8 Å². The predicted octanol–water partition coefficient (Wildman–Crippen LogP) is 4.25. The van der Waals surface area contributed by atoms with Crippen molar-refractivity contribution in [3.05, 3.63) is 62.1 Å². The minimum Gasteiger partial charge on any atom is -0.455 e. The van der Waals surface area contributed by atoms with E-state index in [0.717, 1.165) is 14.9 Å². The molecule has 0 saturated heterocycles. The first-order chi connectivity index (χ1) is 12.8. The Morgan fingerprint density at radius 3 is 2.63 bits per heavy atom. The lowest BCUT2D eigenvalue weighted by atomic mass is 10.2. The maximum atomic E-state index is 11.9. The number of thioether (sulfide) groups is 1. The molecule has 0 heterocycles. The summed E-state index contributed by atoms with van der Waals surface area (Å²) in [4.78, 5) is 35.2. The standard InChI is InChI=1S/C18H17BrN2O5S/c1-11-3-5-14(15(7-11)21(24)25)20-17(22)9-26-18(23)10-27-16-6-4-13(19)8-12(16)2/h3-8H,9-10H2,1-2H3,(H,20,22). The summed E-state index contributed by atoms with van der Waals surface area (Å²) in [5.41, 5.74) is 1.57. The minimum absolute atomic E-state index is 0.0560. The van der Waals surface area contributed by atoms with E-state index in [9.17, 15) is 19.7 Å². The summed E-state index contributed by atoms with van der Waals surface area (Å²) in [5, 5.41) is 13.4. The van der Waals surface area contributed by atoms with Gasteiger partial charge in [-0.3, -0.25) is 19.7 Å². The number of aryl methyl sites for hydroxylation is 2. The zero-order valence-corrected chi connectivity index (χ0v) is 17.1. The van der Waals surface area contributed by atoms with Gasteiger partial charge in [-0.05, 0) is 49.2 Å². The van der Waals surface area contributed by atoms with Crippen LogP contribution in [0.2, 0.25) is 0 Å². The van der Waals surface area contributed by atoms with Crippen LogP contribution in [0.5, 0.6) is 0 Å². The summed E-state index contributed by atoms with van der Waals surface area (Å²) in [6.45, 7) is 3.13. The third-order valence-electron chi connectivity index (χ3n) is 3.47. The Morgan fingerprint density at radius 1 is 1.22 bits per heavy atom. The molecule has 142 valence electrons. The number of nitrogens with one attached hydrogen (secondary N) is 1. The average Bonchev–Trinajstić information content (AvgIpc) is 2.60. The molecular formula is C18H17BrN2O5S. The Kier molecular flexibility index (Phi) is 7.37. The summed E-state index contributed by atoms with van der Waals surface area (Å²) in [5.74, 6) is -1.13. The molecular weight excluding hydrogens is 436 g/mol. The quantitative estimate of drug-likeness (QED) is 0.291. The number of hydrogen-bond donors (Lipinski definition) is 1. The van der Waals surface area contributed by atoms with Crippen molar-refractivity contribution in [2.24, 2.45) is 0 Å². The van der Waals surface area contributed by atoms with Crippen molar-refractivity contribution in [3.63, 3.8) is 0 Å². The second kappa shape index (κ2) is 9.52. The molecule has 0 fully saturated rings. The summed E-state index contributed by atoms with van der Waals surface area (Å²) in [6, 6.07) is 10.2. The fourth-order valence-electron chi connectivity index (χ4n) is 2.18. The van der Waals surface area contributed by atoms with Crippen LogP contribution in [-0.2, 0) is 14.3 Å². The molecule has 0 bridgehead atoms. The number of nitro benzene ring substituents is 1. The van der Waals surface area contributed by atoms with Crippen LogP contribution in [0.25, 0.3) is 0 Å². The molecule has 0 aliphatic rings. The Bertz CT molecular complexity index is 888. The lowest BCUT2D eigenvalue weighted by Crippen LogP contribution is -2.22. The molecule has 0 atom stereocenters. The number of carbonyl (C=O) groups is 2. The van der Waals surface area contributed by atoms with Gasteiger partial charge in [0.15, 0.2) is 6.61 Å². The zero-order valence-electron chi connectivity index (χ0n) is 14.7. The molecule has 9 heteroatoms. The van der Waals surface area contributed by atoms with Gasteiger partial charge in [-0.15, -0.1) is 11.8 Å². The lowest BCUT2D eigenvalue weighted by molar-refractivity contribution is -0.384. The molecule has 0 aromatic heterocycles. The molecule has 1 N–H and O–H groups in total. The largest absolute Gasteiger partial charge is 0.455 e. The highest BCUT2D eigenvalue weighted by molar-refractivity contribution is 9.10. The molecule has 7 nitrogen and oxygen atoms in total. The van der Waals surface area contributed by atoms with Crippen LogP contribution in [0.3, 0.4) is 0 Å². The first kappa shape index (κ1) is 20.9. The minimum atomic E-state index is -0.639. The van der Waals surface area contributed by atoms with Crippen molar-refractivity contribution < 1.29 is 19.2 Å². The van der Waals surface area contributed by atoms with E-state index in [2.05, 4.69) is 21.2 Å². The molecule has 2 aromatic carbocycles. The van der Waals surface area contributed by atoms with Gasteiger partial charge in [0.1, 0.15) is 5.69 Å². The van der Waals surface area contributed by atoms with Gasteiger partial charge in [0, 0.05) is 15.4 Å². The Balaban J connectivity index is 1.85. The first-order valence-corrected chi connectivity index (χ1v) is 9.63. The van der Waals surface area contributed by atoms with Crippen molar-refractivity contribution in [2.45, 2.75) is 18.7 Å². The molecule has 0 saturated carbocycles. The van der Waals surface area contributed by atoms with E-state index in [0.29, 0.717) is 5.56 Å². The van der Waals surface area contributed by atoms with Gasteiger partial charge in [-0.2, -0.15) is 0 Å². The van der Waals surface area contributed by atoms with E-state index in [1.165, 1.54) is 23.9 Å². The number of hydrogen-bond acceptors (Lipinski definition) is 6. The van der Waals surface area contributed by atoms with Crippen molar-refractivity contribution in [3.8, 4) is 0 Å². The average molecular weight is 453 g/mol. The summed E-state index contributed by atoms with van der Waals surface area (Å²) in [7, 11) is 0. The highest BCUT2D eigenvalue weighted by Gasteiger charge is 2.17. The fraction of sp³-hybridized carbons (Fsp3) is 0.222. The summed E-state index contributed by atoms with van der Waals surface area (Å²) in [6.07, 6.45) is 0. The molecule has 2 aromatic rings. The van der Waals surface area contributed by atoms with E-state index in [1.54, 1.807) is 13.0 Å². The number of nitro groups is 1. The number of nitrogens with zero attached hydrogens (tertiary/aromatic N) is 1. The van der Waals surface area contributed by atoms with Gasteiger partial charge in [-0.25, -0.2) is 0 Å². The van der Waals surface area contributed by atoms with Crippen molar-refractivity contribution >= 4 is 50.9 Å². The maximum Gasteiger partial charge on any atom is 0.316 e. The number of esters is 1. The van der Waals surface area contributed by atoms with Crippen molar-refractivity contribution in [1.29, 1.82) is 0 Å². The molecule has 0 unspecified atom stereocenters. The second-order valence-electron chi connectivity index (χ2n) is 5.69. The van der Waals surface area contributed by atoms with Crippen LogP contribution in [0.4, 0.5) is 11.4 Å². The topological polar surface area (TPSA) is 98.5 Å². The van der Waals surface area contributed by atoms with E-state index >= 15 is 0 Å². The van der Waals surface area contributed by atoms with E-state index in [1.807, 2.05) is 25.1 Å². The predicted molar refractivity (Wildman–Crippen MR) is 107 cm³/mol. The zero-order chi connectivity index (χ0) is 20.0. The molecule has 2 rings (SSSR count).